The molecule has 0 amide bonds. The van der Waals surface area contributed by atoms with Gasteiger partial charge in [0.2, 0.25) is 0 Å². The molecule has 0 aliphatic rings. The fourth-order valence-corrected chi connectivity index (χ4v) is 3.83. The molecule has 0 aromatic carbocycles. The molecule has 0 atom stereocenters. The predicted molar refractivity (Wildman–Crippen MR) is 102 cm³/mol. The van der Waals surface area contributed by atoms with E-state index in [1.165, 1.54) is 5.69 Å². The average Bonchev–Trinajstić information content (AvgIpc) is 2.81. The molecule has 25 heavy (non-hydrogen) atoms. The first-order valence-corrected chi connectivity index (χ1v) is 9.49. The molecule has 3 aromatic rings. The highest BCUT2D eigenvalue weighted by Gasteiger charge is 2.14. The number of imidazole rings is 1. The summed E-state index contributed by atoms with van der Waals surface area (Å²) >= 11 is 1.64. The SMILES string of the molecule is Cc1nc(SCc2cc(=O)n3cccc(C)c3n2)n(CC(C)C)c1C. The minimum absolute atomic E-state index is 0.0396. The summed E-state index contributed by atoms with van der Waals surface area (Å²) in [6, 6.07) is 5.46. The van der Waals surface area contributed by atoms with Crippen molar-refractivity contribution >= 4 is 17.4 Å². The molecule has 0 radical (unpaired) electrons. The molecule has 5 nitrogen and oxygen atoms in total. The quantitative estimate of drug-likeness (QED) is 0.653. The van der Waals surface area contributed by atoms with Gasteiger partial charge < -0.3 is 4.57 Å². The summed E-state index contributed by atoms with van der Waals surface area (Å²) in [5, 5.41) is 0.996. The highest BCUT2D eigenvalue weighted by molar-refractivity contribution is 7.98. The normalized spacial score (nSPS) is 11.6. The second-order valence-corrected chi connectivity index (χ2v) is 7.77. The van der Waals surface area contributed by atoms with Gasteiger partial charge in [-0.1, -0.05) is 31.7 Å². The third kappa shape index (κ3) is 3.63. The minimum Gasteiger partial charge on any atom is -0.323 e. The Balaban J connectivity index is 1.90. The van der Waals surface area contributed by atoms with E-state index in [2.05, 4.69) is 30.3 Å². The standard InChI is InChI=1S/C19H24N4OS/c1-12(2)10-23-15(5)14(4)20-19(23)25-11-16-9-17(24)22-8-6-7-13(3)18(22)21-16/h6-9,12H,10-11H2,1-5H3. The number of fused-ring (bicyclic) bond motifs is 1. The van der Waals surface area contributed by atoms with Gasteiger partial charge in [-0.05, 0) is 38.3 Å². The second kappa shape index (κ2) is 7.04. The van der Waals surface area contributed by atoms with Gasteiger partial charge in [0.15, 0.2) is 5.16 Å². The van der Waals surface area contributed by atoms with Crippen molar-refractivity contribution in [1.29, 1.82) is 0 Å². The molecule has 132 valence electrons. The topological polar surface area (TPSA) is 52.2 Å². The number of thioether (sulfide) groups is 1. The molecule has 3 heterocycles. The fraction of sp³-hybridized carbons (Fsp3) is 0.421. The van der Waals surface area contributed by atoms with Crippen molar-refractivity contribution in [2.45, 2.75) is 52.1 Å². The van der Waals surface area contributed by atoms with E-state index in [1.807, 2.05) is 26.0 Å². The lowest BCUT2D eigenvalue weighted by molar-refractivity contribution is 0.486. The van der Waals surface area contributed by atoms with Crippen LogP contribution in [0.5, 0.6) is 0 Å². The van der Waals surface area contributed by atoms with E-state index in [0.717, 1.165) is 34.3 Å². The van der Waals surface area contributed by atoms with E-state index in [1.54, 1.807) is 28.4 Å². The third-order valence-corrected chi connectivity index (χ3v) is 5.27. The molecular formula is C19H24N4OS. The van der Waals surface area contributed by atoms with Crippen molar-refractivity contribution in [3.05, 3.63) is 57.4 Å². The molecule has 3 aromatic heterocycles. The van der Waals surface area contributed by atoms with Crippen LogP contribution in [0.2, 0.25) is 0 Å². The van der Waals surface area contributed by atoms with Crippen molar-refractivity contribution in [3.8, 4) is 0 Å². The van der Waals surface area contributed by atoms with Gasteiger partial charge in [0.05, 0.1) is 11.4 Å². The van der Waals surface area contributed by atoms with Gasteiger partial charge in [-0.25, -0.2) is 9.97 Å². The average molecular weight is 356 g/mol. The van der Waals surface area contributed by atoms with Crippen molar-refractivity contribution in [1.82, 2.24) is 18.9 Å². The number of aryl methyl sites for hydroxylation is 2. The van der Waals surface area contributed by atoms with Gasteiger partial charge in [-0.2, -0.15) is 0 Å². The summed E-state index contributed by atoms with van der Waals surface area (Å²) in [5.74, 6) is 1.19. The summed E-state index contributed by atoms with van der Waals surface area (Å²) in [4.78, 5) is 21.7. The van der Waals surface area contributed by atoms with E-state index in [4.69, 9.17) is 4.98 Å². The van der Waals surface area contributed by atoms with Crippen molar-refractivity contribution in [2.24, 2.45) is 5.92 Å². The van der Waals surface area contributed by atoms with Crippen molar-refractivity contribution < 1.29 is 0 Å². The Kier molecular flexibility index (Phi) is 4.99. The first-order chi connectivity index (χ1) is 11.9. The van der Waals surface area contributed by atoms with E-state index in [9.17, 15) is 4.79 Å². The van der Waals surface area contributed by atoms with Gasteiger partial charge in [0.25, 0.3) is 5.56 Å². The number of hydrogen-bond donors (Lipinski definition) is 0. The van der Waals surface area contributed by atoms with E-state index in [0.29, 0.717) is 11.7 Å². The van der Waals surface area contributed by atoms with Crippen LogP contribution in [0.25, 0.3) is 5.65 Å². The van der Waals surface area contributed by atoms with Gasteiger partial charge in [-0.15, -0.1) is 0 Å². The maximum absolute atomic E-state index is 12.3. The summed E-state index contributed by atoms with van der Waals surface area (Å²) < 4.78 is 3.86. The Hall–Kier alpha value is -2.08. The molecule has 6 heteroatoms. The summed E-state index contributed by atoms with van der Waals surface area (Å²) in [6.07, 6.45) is 1.76. The van der Waals surface area contributed by atoms with Gasteiger partial charge in [0, 0.05) is 30.3 Å². The monoisotopic (exact) mass is 356 g/mol. The molecular weight excluding hydrogens is 332 g/mol. The summed E-state index contributed by atoms with van der Waals surface area (Å²) in [7, 11) is 0. The van der Waals surface area contributed by atoms with Crippen LogP contribution in [0.15, 0.2) is 34.3 Å². The number of pyridine rings is 1. The fourth-order valence-electron chi connectivity index (χ4n) is 2.84. The zero-order valence-corrected chi connectivity index (χ0v) is 16.2. The van der Waals surface area contributed by atoms with Gasteiger partial charge in [-0.3, -0.25) is 9.20 Å². The molecule has 0 bridgehead atoms. The summed E-state index contributed by atoms with van der Waals surface area (Å²) in [6.45, 7) is 11.5. The third-order valence-electron chi connectivity index (χ3n) is 4.26. The Labute approximate surface area is 152 Å². The highest BCUT2D eigenvalue weighted by atomic mass is 32.2. The number of aromatic nitrogens is 4. The maximum Gasteiger partial charge on any atom is 0.258 e. The van der Waals surface area contributed by atoms with Gasteiger partial charge >= 0.3 is 0 Å². The highest BCUT2D eigenvalue weighted by Crippen LogP contribution is 2.25. The van der Waals surface area contributed by atoms with Crippen LogP contribution >= 0.6 is 11.8 Å². The van der Waals surface area contributed by atoms with Crippen LogP contribution in [-0.4, -0.2) is 18.9 Å². The lowest BCUT2D eigenvalue weighted by atomic mass is 10.2. The largest absolute Gasteiger partial charge is 0.323 e. The molecule has 0 unspecified atom stereocenters. The van der Waals surface area contributed by atoms with E-state index in [-0.39, 0.29) is 5.56 Å². The van der Waals surface area contributed by atoms with Crippen molar-refractivity contribution in [2.75, 3.05) is 0 Å². The predicted octanol–water partition coefficient (Wildman–Crippen LogP) is 3.76. The van der Waals surface area contributed by atoms with Crippen LogP contribution < -0.4 is 5.56 Å². The lowest BCUT2D eigenvalue weighted by Gasteiger charge is -2.12. The zero-order valence-electron chi connectivity index (χ0n) is 15.4. The summed E-state index contributed by atoms with van der Waals surface area (Å²) in [5.41, 5.74) is 4.74. The lowest BCUT2D eigenvalue weighted by Crippen LogP contribution is -2.15. The molecule has 0 N–H and O–H groups in total. The van der Waals surface area contributed by atoms with E-state index < -0.39 is 0 Å². The number of hydrogen-bond acceptors (Lipinski definition) is 4. The second-order valence-electron chi connectivity index (χ2n) is 6.83. The molecule has 3 rings (SSSR count). The molecule has 0 aliphatic carbocycles. The zero-order chi connectivity index (χ0) is 18.1. The first kappa shape index (κ1) is 17.7. The van der Waals surface area contributed by atoms with Crippen LogP contribution in [0.1, 0.15) is 36.5 Å². The molecule has 0 spiro atoms. The molecule has 0 saturated carbocycles. The van der Waals surface area contributed by atoms with Crippen LogP contribution in [0.3, 0.4) is 0 Å². The van der Waals surface area contributed by atoms with Crippen molar-refractivity contribution in [3.63, 3.8) is 0 Å². The Bertz CT molecular complexity index is 971. The van der Waals surface area contributed by atoms with E-state index >= 15 is 0 Å². The molecule has 0 saturated heterocycles. The first-order valence-electron chi connectivity index (χ1n) is 8.51. The Morgan fingerprint density at radius 3 is 2.68 bits per heavy atom. The Morgan fingerprint density at radius 2 is 1.96 bits per heavy atom. The molecule has 0 aliphatic heterocycles. The Morgan fingerprint density at radius 1 is 1.20 bits per heavy atom. The molecule has 0 fully saturated rings. The van der Waals surface area contributed by atoms with Crippen LogP contribution in [-0.2, 0) is 12.3 Å². The van der Waals surface area contributed by atoms with Crippen LogP contribution in [0, 0.1) is 26.7 Å². The number of rotatable bonds is 5. The van der Waals surface area contributed by atoms with Gasteiger partial charge in [0.1, 0.15) is 5.65 Å². The minimum atomic E-state index is -0.0396. The smallest absolute Gasteiger partial charge is 0.258 e. The maximum atomic E-state index is 12.3. The van der Waals surface area contributed by atoms with Crippen LogP contribution in [0.4, 0.5) is 0 Å². The number of nitrogens with zero attached hydrogens (tertiary/aromatic N) is 4.